The largest absolute Gasteiger partial charge is 0.506 e. The minimum atomic E-state index is -0.556. The average molecular weight is 467 g/mol. The fourth-order valence-electron chi connectivity index (χ4n) is 3.64. The number of esters is 2. The zero-order valence-corrected chi connectivity index (χ0v) is 19.2. The SMILES string of the molecule is COC(=O)c1cc2cccc(O)c2n1C.COC(=O)c1cc2cccc(OCC(N)=O)c2n1C. The van der Waals surface area contributed by atoms with E-state index in [-0.39, 0.29) is 12.4 Å². The lowest BCUT2D eigenvalue weighted by molar-refractivity contribution is -0.119. The number of nitrogens with two attached hydrogens (primary N) is 1. The molecule has 4 rings (SSSR count). The van der Waals surface area contributed by atoms with Crippen molar-refractivity contribution in [2.24, 2.45) is 19.8 Å². The summed E-state index contributed by atoms with van der Waals surface area (Å²) in [4.78, 5) is 33.8. The molecule has 34 heavy (non-hydrogen) atoms. The van der Waals surface area contributed by atoms with E-state index < -0.39 is 17.8 Å². The molecular weight excluding hydrogens is 442 g/mol. The Morgan fingerprint density at radius 3 is 1.85 bits per heavy atom. The Morgan fingerprint density at radius 1 is 0.853 bits per heavy atom. The molecule has 2 aromatic heterocycles. The standard InChI is InChI=1S/C13H14N2O4.C11H11NO3/c1-15-9(13(17)18-2)6-8-4-3-5-10(12(8)15)19-7-11(14)16;1-12-8(11(14)15-2)6-7-4-3-5-9(13)10(7)12/h3-6H,7H2,1-2H3,(H2,14,16);3-6,13H,1-2H3. The third-order valence-electron chi connectivity index (χ3n) is 5.21. The van der Waals surface area contributed by atoms with Crippen LogP contribution >= 0.6 is 0 Å². The second kappa shape index (κ2) is 9.99. The van der Waals surface area contributed by atoms with Gasteiger partial charge in [-0.3, -0.25) is 4.79 Å². The van der Waals surface area contributed by atoms with Crippen LogP contribution in [0.3, 0.4) is 0 Å². The van der Waals surface area contributed by atoms with Crippen LogP contribution in [0.25, 0.3) is 21.8 Å². The number of aryl methyl sites for hydroxylation is 2. The van der Waals surface area contributed by atoms with Crippen molar-refractivity contribution in [1.29, 1.82) is 0 Å². The van der Waals surface area contributed by atoms with Crippen LogP contribution in [0.15, 0.2) is 48.5 Å². The number of hydrogen-bond donors (Lipinski definition) is 2. The van der Waals surface area contributed by atoms with Crippen LogP contribution in [0, 0.1) is 0 Å². The quantitative estimate of drug-likeness (QED) is 0.431. The van der Waals surface area contributed by atoms with Crippen LogP contribution in [0.1, 0.15) is 21.0 Å². The van der Waals surface area contributed by atoms with Gasteiger partial charge in [0.2, 0.25) is 0 Å². The molecule has 2 heterocycles. The van der Waals surface area contributed by atoms with Gasteiger partial charge in [0, 0.05) is 24.9 Å². The minimum absolute atomic E-state index is 0.158. The molecule has 4 aromatic rings. The number of para-hydroxylation sites is 2. The number of fused-ring (bicyclic) bond motifs is 2. The minimum Gasteiger partial charge on any atom is -0.506 e. The summed E-state index contributed by atoms with van der Waals surface area (Å²) < 4.78 is 18.0. The number of aromatic hydroxyl groups is 1. The molecule has 2 aromatic carbocycles. The normalized spacial score (nSPS) is 10.5. The van der Waals surface area contributed by atoms with Gasteiger partial charge in [0.15, 0.2) is 6.61 Å². The van der Waals surface area contributed by atoms with Crippen molar-refractivity contribution >= 4 is 39.7 Å². The number of aromatic nitrogens is 2. The van der Waals surface area contributed by atoms with Crippen LogP contribution in [0.4, 0.5) is 0 Å². The third kappa shape index (κ3) is 4.65. The lowest BCUT2D eigenvalue weighted by Gasteiger charge is -2.08. The number of carbonyl (C=O) groups excluding carboxylic acids is 3. The summed E-state index contributed by atoms with van der Waals surface area (Å²) in [5.74, 6) is -0.744. The number of phenolic OH excluding ortho intramolecular Hbond substituents is 1. The Labute approximate surface area is 195 Å². The van der Waals surface area contributed by atoms with E-state index in [1.165, 1.54) is 14.2 Å². The monoisotopic (exact) mass is 467 g/mol. The van der Waals surface area contributed by atoms with E-state index in [0.29, 0.717) is 28.2 Å². The van der Waals surface area contributed by atoms with Gasteiger partial charge in [-0.2, -0.15) is 0 Å². The van der Waals surface area contributed by atoms with E-state index in [1.807, 2.05) is 12.1 Å². The van der Waals surface area contributed by atoms with E-state index in [0.717, 1.165) is 10.8 Å². The highest BCUT2D eigenvalue weighted by Crippen LogP contribution is 2.29. The number of benzene rings is 2. The second-order valence-corrected chi connectivity index (χ2v) is 7.32. The van der Waals surface area contributed by atoms with Crippen molar-refractivity contribution in [2.75, 3.05) is 20.8 Å². The highest BCUT2D eigenvalue weighted by Gasteiger charge is 2.17. The summed E-state index contributed by atoms with van der Waals surface area (Å²) in [6, 6.07) is 13.9. The van der Waals surface area contributed by atoms with Gasteiger partial charge in [-0.1, -0.05) is 24.3 Å². The lowest BCUT2D eigenvalue weighted by Crippen LogP contribution is -2.20. The number of amides is 1. The smallest absolute Gasteiger partial charge is 0.354 e. The Morgan fingerprint density at radius 2 is 1.35 bits per heavy atom. The topological polar surface area (TPSA) is 135 Å². The molecule has 0 radical (unpaired) electrons. The maximum absolute atomic E-state index is 11.6. The first-order valence-electron chi connectivity index (χ1n) is 10.1. The number of phenols is 1. The molecule has 0 spiro atoms. The van der Waals surface area contributed by atoms with Crippen molar-refractivity contribution in [3.8, 4) is 11.5 Å². The first kappa shape index (κ1) is 24.2. The Balaban J connectivity index is 0.000000196. The number of carbonyl (C=O) groups is 3. The molecule has 1 amide bonds. The Bertz CT molecular complexity index is 1380. The summed E-state index contributed by atoms with van der Waals surface area (Å²) in [5, 5.41) is 11.3. The molecule has 0 saturated heterocycles. The fraction of sp³-hybridized carbons (Fsp3) is 0.208. The zero-order valence-electron chi connectivity index (χ0n) is 19.2. The number of hydrogen-bond acceptors (Lipinski definition) is 7. The molecular formula is C24H25N3O7. The van der Waals surface area contributed by atoms with E-state index in [4.69, 9.17) is 15.2 Å². The van der Waals surface area contributed by atoms with Gasteiger partial charge in [0.05, 0.1) is 25.3 Å². The molecule has 0 unspecified atom stereocenters. The predicted molar refractivity (Wildman–Crippen MR) is 125 cm³/mol. The van der Waals surface area contributed by atoms with Crippen LogP contribution in [-0.4, -0.2) is 52.9 Å². The van der Waals surface area contributed by atoms with Crippen molar-refractivity contribution < 1.29 is 33.7 Å². The Kier molecular flexibility index (Phi) is 7.10. The number of rotatable bonds is 5. The third-order valence-corrected chi connectivity index (χ3v) is 5.21. The first-order valence-corrected chi connectivity index (χ1v) is 10.1. The molecule has 0 saturated carbocycles. The molecule has 10 heteroatoms. The van der Waals surface area contributed by atoms with Gasteiger partial charge >= 0.3 is 11.9 Å². The van der Waals surface area contributed by atoms with Gasteiger partial charge in [-0.15, -0.1) is 0 Å². The number of ether oxygens (including phenoxy) is 3. The summed E-state index contributed by atoms with van der Waals surface area (Å²) in [7, 11) is 6.10. The second-order valence-electron chi connectivity index (χ2n) is 7.32. The van der Waals surface area contributed by atoms with E-state index in [1.54, 1.807) is 59.6 Å². The molecule has 10 nitrogen and oxygen atoms in total. The van der Waals surface area contributed by atoms with Gasteiger partial charge in [0.1, 0.15) is 22.9 Å². The number of nitrogens with zero attached hydrogens (tertiary/aromatic N) is 2. The molecule has 178 valence electrons. The summed E-state index contributed by atoms with van der Waals surface area (Å²) in [6.45, 7) is -0.210. The van der Waals surface area contributed by atoms with Crippen LogP contribution < -0.4 is 10.5 Å². The molecule has 0 aliphatic rings. The maximum atomic E-state index is 11.6. The van der Waals surface area contributed by atoms with Crippen molar-refractivity contribution in [1.82, 2.24) is 9.13 Å². The van der Waals surface area contributed by atoms with Gasteiger partial charge in [-0.05, 0) is 24.3 Å². The summed E-state index contributed by atoms with van der Waals surface area (Å²) in [6.07, 6.45) is 0. The van der Waals surface area contributed by atoms with Crippen LogP contribution in [0.5, 0.6) is 11.5 Å². The van der Waals surface area contributed by atoms with Gasteiger partial charge in [-0.25, -0.2) is 9.59 Å². The highest BCUT2D eigenvalue weighted by atomic mass is 16.5. The zero-order chi connectivity index (χ0) is 25.0. The predicted octanol–water partition coefficient (Wildman–Crippen LogP) is 2.50. The van der Waals surface area contributed by atoms with Crippen molar-refractivity contribution in [3.63, 3.8) is 0 Å². The first-order chi connectivity index (χ1) is 16.2. The number of primary amides is 1. The average Bonchev–Trinajstić information content (AvgIpc) is 3.35. The number of methoxy groups -OCH3 is 2. The molecule has 0 bridgehead atoms. The van der Waals surface area contributed by atoms with Gasteiger partial charge < -0.3 is 34.2 Å². The van der Waals surface area contributed by atoms with E-state index in [9.17, 15) is 19.5 Å². The van der Waals surface area contributed by atoms with Crippen molar-refractivity contribution in [2.45, 2.75) is 0 Å². The van der Waals surface area contributed by atoms with E-state index >= 15 is 0 Å². The summed E-state index contributed by atoms with van der Waals surface area (Å²) >= 11 is 0. The van der Waals surface area contributed by atoms with Crippen LogP contribution in [0.2, 0.25) is 0 Å². The molecule has 0 fully saturated rings. The molecule has 0 aliphatic heterocycles. The molecule has 0 atom stereocenters. The fourth-order valence-corrected chi connectivity index (χ4v) is 3.64. The molecule has 0 aliphatic carbocycles. The highest BCUT2D eigenvalue weighted by molar-refractivity contribution is 5.98. The maximum Gasteiger partial charge on any atom is 0.354 e. The Hall–Kier alpha value is -4.47. The lowest BCUT2D eigenvalue weighted by atomic mass is 10.2. The van der Waals surface area contributed by atoms with Gasteiger partial charge in [0.25, 0.3) is 5.91 Å². The van der Waals surface area contributed by atoms with E-state index in [2.05, 4.69) is 4.74 Å². The van der Waals surface area contributed by atoms with Crippen molar-refractivity contribution in [3.05, 3.63) is 59.9 Å². The molecule has 3 N–H and O–H groups in total. The van der Waals surface area contributed by atoms with Crippen LogP contribution in [-0.2, 0) is 28.4 Å². The summed E-state index contributed by atoms with van der Waals surface area (Å²) in [5.41, 5.74) is 7.24.